The quantitative estimate of drug-likeness (QED) is 0.709. The summed E-state index contributed by atoms with van der Waals surface area (Å²) < 4.78 is 31.7. The molecular weight excluding hydrogens is 378 g/mol. The van der Waals surface area contributed by atoms with E-state index in [0.29, 0.717) is 17.3 Å². The number of hydrogen-bond acceptors (Lipinski definition) is 5. The van der Waals surface area contributed by atoms with Crippen LogP contribution < -0.4 is 5.43 Å². The van der Waals surface area contributed by atoms with Crippen molar-refractivity contribution >= 4 is 6.08 Å². The highest BCUT2D eigenvalue weighted by atomic mass is 19.1. The molecule has 0 spiro atoms. The van der Waals surface area contributed by atoms with Gasteiger partial charge >= 0.3 is 0 Å². The van der Waals surface area contributed by atoms with E-state index in [4.69, 9.17) is 0 Å². The Balaban J connectivity index is 1.63. The van der Waals surface area contributed by atoms with Gasteiger partial charge in [-0.2, -0.15) is 0 Å². The van der Waals surface area contributed by atoms with Gasteiger partial charge in [0.1, 0.15) is 29.1 Å². The smallest absolute Gasteiger partial charge is 0.183 e. The van der Waals surface area contributed by atoms with Crippen molar-refractivity contribution in [1.82, 2.24) is 24.4 Å². The summed E-state index contributed by atoms with van der Waals surface area (Å²) in [6, 6.07) is 3.18. The van der Waals surface area contributed by atoms with Crippen molar-refractivity contribution in [1.29, 1.82) is 0 Å². The van der Waals surface area contributed by atoms with E-state index >= 15 is 0 Å². The molecule has 0 aliphatic carbocycles. The van der Waals surface area contributed by atoms with Crippen LogP contribution in [0.5, 0.6) is 0 Å². The highest BCUT2D eigenvalue weighted by Gasteiger charge is 2.32. The van der Waals surface area contributed by atoms with Crippen molar-refractivity contribution in [3.05, 3.63) is 59.1 Å². The van der Waals surface area contributed by atoms with Crippen LogP contribution in [0.1, 0.15) is 49.5 Å². The molecule has 2 N–H and O–H groups in total. The number of aryl methyl sites for hydroxylation is 1. The Morgan fingerprint density at radius 2 is 2.07 bits per heavy atom. The summed E-state index contributed by atoms with van der Waals surface area (Å²) in [4.78, 5) is 4.68. The molecule has 0 saturated heterocycles. The van der Waals surface area contributed by atoms with Crippen LogP contribution in [0.4, 0.5) is 8.78 Å². The molecule has 1 unspecified atom stereocenters. The average molecular weight is 398 g/mol. The molecular formula is C20H20F2N6O. The summed E-state index contributed by atoms with van der Waals surface area (Å²) in [6.45, 7) is 4.05. The van der Waals surface area contributed by atoms with Gasteiger partial charge in [0, 0.05) is 24.6 Å². The molecule has 2 aliphatic rings. The SMILES string of the molecule is CC(C)(O)c1nnc2n1NC(c1c(-c3ccc(F)cc3F)nc3n1CCC3)C=C2. The third-order valence-electron chi connectivity index (χ3n) is 5.29. The largest absolute Gasteiger partial charge is 0.382 e. The minimum absolute atomic E-state index is 0.260. The molecule has 29 heavy (non-hydrogen) atoms. The Morgan fingerprint density at radius 1 is 1.24 bits per heavy atom. The second-order valence-corrected chi connectivity index (χ2v) is 7.88. The summed E-state index contributed by atoms with van der Waals surface area (Å²) in [7, 11) is 0. The predicted octanol–water partition coefficient (Wildman–Crippen LogP) is 2.91. The van der Waals surface area contributed by atoms with Crippen molar-refractivity contribution < 1.29 is 13.9 Å². The van der Waals surface area contributed by atoms with Crippen LogP contribution in [-0.4, -0.2) is 29.5 Å². The number of nitrogens with zero attached hydrogens (tertiary/aromatic N) is 5. The first-order valence-corrected chi connectivity index (χ1v) is 9.50. The number of halogens is 2. The van der Waals surface area contributed by atoms with E-state index in [0.717, 1.165) is 37.0 Å². The van der Waals surface area contributed by atoms with Gasteiger partial charge in [0.25, 0.3) is 0 Å². The second-order valence-electron chi connectivity index (χ2n) is 7.88. The fourth-order valence-corrected chi connectivity index (χ4v) is 3.99. The Labute approximate surface area is 165 Å². The maximum atomic E-state index is 14.6. The standard InChI is InChI=1S/C20H20F2N6O/c1-20(2,29)19-25-24-16-8-7-14(26-28(16)19)18-17(23-15-4-3-9-27(15)18)12-6-5-11(21)10-13(12)22/h5-8,10,14,26,29H,3-4,9H2,1-2H3. The number of aliphatic hydroxyl groups is 1. The molecule has 0 fully saturated rings. The van der Waals surface area contributed by atoms with Crippen LogP contribution in [0.15, 0.2) is 24.3 Å². The molecule has 2 aliphatic heterocycles. The van der Waals surface area contributed by atoms with Crippen LogP contribution in [0.3, 0.4) is 0 Å². The van der Waals surface area contributed by atoms with Gasteiger partial charge in [-0.05, 0) is 38.5 Å². The van der Waals surface area contributed by atoms with Gasteiger partial charge in [-0.15, -0.1) is 10.2 Å². The molecule has 4 heterocycles. The van der Waals surface area contributed by atoms with Crippen molar-refractivity contribution in [2.75, 3.05) is 5.43 Å². The number of fused-ring (bicyclic) bond motifs is 2. The van der Waals surface area contributed by atoms with Gasteiger partial charge in [0.15, 0.2) is 11.6 Å². The molecule has 5 rings (SSSR count). The van der Waals surface area contributed by atoms with E-state index in [1.165, 1.54) is 12.1 Å². The monoisotopic (exact) mass is 398 g/mol. The third-order valence-corrected chi connectivity index (χ3v) is 5.29. The minimum Gasteiger partial charge on any atom is -0.382 e. The van der Waals surface area contributed by atoms with E-state index in [1.807, 2.05) is 12.2 Å². The van der Waals surface area contributed by atoms with E-state index in [9.17, 15) is 13.9 Å². The van der Waals surface area contributed by atoms with Gasteiger partial charge in [-0.25, -0.2) is 18.4 Å². The maximum absolute atomic E-state index is 14.6. The van der Waals surface area contributed by atoms with Gasteiger partial charge in [-0.3, -0.25) is 0 Å². The summed E-state index contributed by atoms with van der Waals surface area (Å²) in [5, 5.41) is 18.6. The van der Waals surface area contributed by atoms with E-state index < -0.39 is 17.2 Å². The lowest BCUT2D eigenvalue weighted by Crippen LogP contribution is -2.32. The van der Waals surface area contributed by atoms with Gasteiger partial charge in [0.2, 0.25) is 0 Å². The van der Waals surface area contributed by atoms with Crippen molar-refractivity contribution in [3.8, 4) is 11.3 Å². The molecule has 0 saturated carbocycles. The maximum Gasteiger partial charge on any atom is 0.183 e. The Bertz CT molecular complexity index is 1140. The lowest BCUT2D eigenvalue weighted by molar-refractivity contribution is 0.0654. The van der Waals surface area contributed by atoms with Gasteiger partial charge in [-0.1, -0.05) is 6.08 Å². The molecule has 150 valence electrons. The molecule has 1 aromatic carbocycles. The molecule has 7 nitrogen and oxygen atoms in total. The van der Waals surface area contributed by atoms with Crippen LogP contribution in [0, 0.1) is 11.6 Å². The summed E-state index contributed by atoms with van der Waals surface area (Å²) in [5.41, 5.74) is 3.66. The first-order chi connectivity index (χ1) is 13.8. The molecule has 9 heteroatoms. The summed E-state index contributed by atoms with van der Waals surface area (Å²) in [6.07, 6.45) is 5.48. The van der Waals surface area contributed by atoms with Crippen molar-refractivity contribution in [3.63, 3.8) is 0 Å². The first-order valence-electron chi connectivity index (χ1n) is 9.50. The Hall–Kier alpha value is -3.07. The van der Waals surface area contributed by atoms with Crippen LogP contribution in [0.2, 0.25) is 0 Å². The molecule has 0 bridgehead atoms. The normalized spacial score (nSPS) is 17.9. The number of imidazole rings is 1. The predicted molar refractivity (Wildman–Crippen MR) is 102 cm³/mol. The molecule has 3 aromatic rings. The lowest BCUT2D eigenvalue weighted by Gasteiger charge is -2.27. The average Bonchev–Trinajstić information content (AvgIpc) is 3.34. The number of benzene rings is 1. The number of rotatable bonds is 3. The molecule has 0 radical (unpaired) electrons. The summed E-state index contributed by atoms with van der Waals surface area (Å²) in [5.74, 6) is 0.543. The van der Waals surface area contributed by atoms with E-state index in [1.54, 1.807) is 18.5 Å². The molecule has 2 aromatic heterocycles. The second kappa shape index (κ2) is 6.21. The zero-order valence-electron chi connectivity index (χ0n) is 16.0. The van der Waals surface area contributed by atoms with E-state index in [-0.39, 0.29) is 11.6 Å². The lowest BCUT2D eigenvalue weighted by atomic mass is 10.0. The fraction of sp³-hybridized carbons (Fsp3) is 0.350. The van der Waals surface area contributed by atoms with Crippen molar-refractivity contribution in [2.24, 2.45) is 0 Å². The zero-order valence-corrected chi connectivity index (χ0v) is 16.0. The van der Waals surface area contributed by atoms with E-state index in [2.05, 4.69) is 25.2 Å². The van der Waals surface area contributed by atoms with Crippen LogP contribution in [-0.2, 0) is 18.6 Å². The van der Waals surface area contributed by atoms with Gasteiger partial charge in [0.05, 0.1) is 11.4 Å². The number of hydrogen-bond donors (Lipinski definition) is 2. The number of aromatic nitrogens is 5. The zero-order chi connectivity index (χ0) is 20.3. The Kier molecular flexibility index (Phi) is 3.86. The third kappa shape index (κ3) is 2.84. The highest BCUT2D eigenvalue weighted by molar-refractivity contribution is 5.66. The molecule has 1 atom stereocenters. The first kappa shape index (κ1) is 18.0. The minimum atomic E-state index is -1.20. The highest BCUT2D eigenvalue weighted by Crippen LogP contribution is 2.36. The number of nitrogens with one attached hydrogen (secondary N) is 1. The summed E-state index contributed by atoms with van der Waals surface area (Å²) >= 11 is 0. The van der Waals surface area contributed by atoms with Gasteiger partial charge < -0.3 is 15.1 Å². The van der Waals surface area contributed by atoms with Crippen LogP contribution in [0.25, 0.3) is 17.3 Å². The van der Waals surface area contributed by atoms with Crippen molar-refractivity contribution in [2.45, 2.75) is 44.9 Å². The van der Waals surface area contributed by atoms with Crippen LogP contribution >= 0.6 is 0 Å². The molecule has 0 amide bonds. The fourth-order valence-electron chi connectivity index (χ4n) is 3.99. The topological polar surface area (TPSA) is 80.8 Å². The Morgan fingerprint density at radius 3 is 2.83 bits per heavy atom.